The molecule has 0 aliphatic heterocycles. The monoisotopic (exact) mass is 354 g/mol. The van der Waals surface area contributed by atoms with Crippen molar-refractivity contribution in [3.63, 3.8) is 0 Å². The SMILES string of the molecule is COc1ccc(OC)c(-c2nc3c4ccccc4c4ccccc4c3[nH]2)c1. The van der Waals surface area contributed by atoms with Crippen LogP contribution in [-0.2, 0) is 0 Å². The highest BCUT2D eigenvalue weighted by atomic mass is 16.5. The molecule has 0 atom stereocenters. The number of ether oxygens (including phenoxy) is 2. The number of hydrogen-bond donors (Lipinski definition) is 1. The maximum atomic E-state index is 5.55. The highest BCUT2D eigenvalue weighted by Crippen LogP contribution is 2.37. The van der Waals surface area contributed by atoms with E-state index in [1.54, 1.807) is 14.2 Å². The van der Waals surface area contributed by atoms with Crippen molar-refractivity contribution in [1.29, 1.82) is 0 Å². The van der Waals surface area contributed by atoms with Gasteiger partial charge in [-0.2, -0.15) is 0 Å². The van der Waals surface area contributed by atoms with Crippen molar-refractivity contribution in [3.8, 4) is 22.9 Å². The number of nitrogens with one attached hydrogen (secondary N) is 1. The lowest BCUT2D eigenvalue weighted by atomic mass is 10.0. The lowest BCUT2D eigenvalue weighted by Gasteiger charge is -2.08. The maximum absolute atomic E-state index is 5.55. The van der Waals surface area contributed by atoms with Gasteiger partial charge < -0.3 is 14.5 Å². The Hall–Kier alpha value is -3.53. The van der Waals surface area contributed by atoms with Crippen LogP contribution < -0.4 is 9.47 Å². The van der Waals surface area contributed by atoms with Gasteiger partial charge in [-0.1, -0.05) is 48.5 Å². The van der Waals surface area contributed by atoms with E-state index in [1.165, 1.54) is 10.8 Å². The van der Waals surface area contributed by atoms with E-state index in [1.807, 2.05) is 18.2 Å². The first kappa shape index (κ1) is 15.7. The summed E-state index contributed by atoms with van der Waals surface area (Å²) in [5, 5.41) is 4.71. The summed E-state index contributed by atoms with van der Waals surface area (Å²) >= 11 is 0. The molecule has 0 amide bonds. The van der Waals surface area contributed by atoms with Crippen molar-refractivity contribution in [2.75, 3.05) is 14.2 Å². The first-order valence-corrected chi connectivity index (χ1v) is 8.81. The molecule has 4 aromatic carbocycles. The number of aromatic nitrogens is 2. The van der Waals surface area contributed by atoms with Crippen molar-refractivity contribution in [2.24, 2.45) is 0 Å². The quantitative estimate of drug-likeness (QED) is 0.432. The Labute approximate surface area is 156 Å². The minimum atomic E-state index is 0.753. The van der Waals surface area contributed by atoms with Crippen molar-refractivity contribution < 1.29 is 9.47 Å². The van der Waals surface area contributed by atoms with E-state index in [-0.39, 0.29) is 0 Å². The van der Waals surface area contributed by atoms with E-state index in [4.69, 9.17) is 14.5 Å². The van der Waals surface area contributed by atoms with Crippen LogP contribution in [0.4, 0.5) is 0 Å². The van der Waals surface area contributed by atoms with Gasteiger partial charge in [0, 0.05) is 10.8 Å². The number of benzene rings is 4. The molecule has 132 valence electrons. The van der Waals surface area contributed by atoms with Gasteiger partial charge in [0.05, 0.1) is 30.8 Å². The van der Waals surface area contributed by atoms with Crippen LogP contribution in [0.1, 0.15) is 0 Å². The molecule has 0 spiro atoms. The van der Waals surface area contributed by atoms with Gasteiger partial charge in [0.15, 0.2) is 0 Å². The van der Waals surface area contributed by atoms with Crippen LogP contribution in [0.5, 0.6) is 11.5 Å². The van der Waals surface area contributed by atoms with E-state index in [0.717, 1.165) is 44.7 Å². The summed E-state index contributed by atoms with van der Waals surface area (Å²) in [6, 6.07) is 22.5. The zero-order valence-electron chi connectivity index (χ0n) is 15.1. The van der Waals surface area contributed by atoms with Crippen LogP contribution in [-0.4, -0.2) is 24.2 Å². The maximum Gasteiger partial charge on any atom is 0.142 e. The largest absolute Gasteiger partial charge is 0.497 e. The summed E-state index contributed by atoms with van der Waals surface area (Å²) in [5.41, 5.74) is 2.87. The Morgan fingerprint density at radius 2 is 1.41 bits per heavy atom. The average molecular weight is 354 g/mol. The molecule has 1 N–H and O–H groups in total. The minimum absolute atomic E-state index is 0.753. The average Bonchev–Trinajstić information content (AvgIpc) is 3.19. The Morgan fingerprint density at radius 1 is 0.741 bits per heavy atom. The molecule has 5 aromatic rings. The number of hydrogen-bond acceptors (Lipinski definition) is 3. The molecule has 0 bridgehead atoms. The molecule has 0 aliphatic carbocycles. The van der Waals surface area contributed by atoms with Crippen LogP contribution >= 0.6 is 0 Å². The summed E-state index contributed by atoms with van der Waals surface area (Å²) < 4.78 is 10.9. The van der Waals surface area contributed by atoms with E-state index in [2.05, 4.69) is 53.5 Å². The Kier molecular flexibility index (Phi) is 3.50. The fourth-order valence-corrected chi connectivity index (χ4v) is 3.75. The van der Waals surface area contributed by atoms with E-state index < -0.39 is 0 Å². The van der Waals surface area contributed by atoms with E-state index >= 15 is 0 Å². The van der Waals surface area contributed by atoms with Gasteiger partial charge in [0.2, 0.25) is 0 Å². The second-order valence-electron chi connectivity index (χ2n) is 6.47. The van der Waals surface area contributed by atoms with Gasteiger partial charge in [-0.15, -0.1) is 0 Å². The van der Waals surface area contributed by atoms with Crippen molar-refractivity contribution in [1.82, 2.24) is 9.97 Å². The van der Waals surface area contributed by atoms with Crippen molar-refractivity contribution in [2.45, 2.75) is 0 Å². The van der Waals surface area contributed by atoms with Gasteiger partial charge in [-0.3, -0.25) is 0 Å². The molecular formula is C23H18N2O2. The molecule has 0 radical (unpaired) electrons. The lowest BCUT2D eigenvalue weighted by molar-refractivity contribution is 0.404. The third kappa shape index (κ3) is 2.34. The van der Waals surface area contributed by atoms with Crippen molar-refractivity contribution in [3.05, 3.63) is 66.7 Å². The van der Waals surface area contributed by atoms with Crippen LogP contribution in [0.15, 0.2) is 66.7 Å². The van der Waals surface area contributed by atoms with E-state index in [0.29, 0.717) is 0 Å². The molecular weight excluding hydrogens is 336 g/mol. The van der Waals surface area contributed by atoms with Crippen LogP contribution in [0, 0.1) is 0 Å². The molecule has 1 heterocycles. The predicted molar refractivity (Wildman–Crippen MR) is 110 cm³/mol. The fourth-order valence-electron chi connectivity index (χ4n) is 3.75. The summed E-state index contributed by atoms with van der Waals surface area (Å²) in [6.45, 7) is 0. The molecule has 0 saturated carbocycles. The predicted octanol–water partition coefficient (Wildman–Crippen LogP) is 5.55. The topological polar surface area (TPSA) is 47.1 Å². The number of rotatable bonds is 3. The first-order valence-electron chi connectivity index (χ1n) is 8.81. The van der Waals surface area contributed by atoms with Crippen LogP contribution in [0.2, 0.25) is 0 Å². The van der Waals surface area contributed by atoms with Crippen molar-refractivity contribution >= 4 is 32.6 Å². The molecule has 0 fully saturated rings. The number of fused-ring (bicyclic) bond motifs is 6. The molecule has 1 aromatic heterocycles. The third-order valence-electron chi connectivity index (χ3n) is 5.03. The Morgan fingerprint density at radius 3 is 2.11 bits per heavy atom. The Balaban J connectivity index is 1.90. The number of H-pyrrole nitrogens is 1. The number of methoxy groups -OCH3 is 2. The van der Waals surface area contributed by atoms with Gasteiger partial charge >= 0.3 is 0 Å². The third-order valence-corrected chi connectivity index (χ3v) is 5.03. The highest BCUT2D eigenvalue weighted by molar-refractivity contribution is 6.23. The number of nitrogens with zero attached hydrogens (tertiary/aromatic N) is 1. The second-order valence-corrected chi connectivity index (χ2v) is 6.47. The fraction of sp³-hybridized carbons (Fsp3) is 0.0870. The summed E-state index contributed by atoms with van der Waals surface area (Å²) in [4.78, 5) is 8.48. The minimum Gasteiger partial charge on any atom is -0.497 e. The van der Waals surface area contributed by atoms with Gasteiger partial charge in [-0.05, 0) is 29.0 Å². The highest BCUT2D eigenvalue weighted by Gasteiger charge is 2.16. The van der Waals surface area contributed by atoms with Crippen LogP contribution in [0.3, 0.4) is 0 Å². The summed E-state index contributed by atoms with van der Waals surface area (Å²) in [6.07, 6.45) is 0. The van der Waals surface area contributed by atoms with Gasteiger partial charge in [0.1, 0.15) is 17.3 Å². The van der Waals surface area contributed by atoms with Gasteiger partial charge in [0.25, 0.3) is 0 Å². The Bertz CT molecular complexity index is 1230. The van der Waals surface area contributed by atoms with E-state index in [9.17, 15) is 0 Å². The number of imidazole rings is 1. The first-order chi connectivity index (χ1) is 13.3. The number of aromatic amines is 1. The van der Waals surface area contributed by atoms with Crippen LogP contribution in [0.25, 0.3) is 44.0 Å². The molecule has 27 heavy (non-hydrogen) atoms. The normalized spacial score (nSPS) is 11.3. The molecule has 0 aliphatic rings. The second kappa shape index (κ2) is 6.02. The standard InChI is InChI=1S/C23H18N2O2/c1-26-14-11-12-20(27-2)19(13-14)23-24-21-17-9-5-3-7-15(17)16-8-4-6-10-18(16)22(21)25-23/h3-13H,1-2H3,(H,24,25). The summed E-state index contributed by atoms with van der Waals surface area (Å²) in [7, 11) is 3.32. The smallest absolute Gasteiger partial charge is 0.142 e. The zero-order chi connectivity index (χ0) is 18.4. The molecule has 0 unspecified atom stereocenters. The molecule has 0 saturated heterocycles. The summed E-state index contributed by atoms with van der Waals surface area (Å²) in [5.74, 6) is 2.28. The molecule has 5 rings (SSSR count). The zero-order valence-corrected chi connectivity index (χ0v) is 15.1. The molecule has 4 heteroatoms. The lowest BCUT2D eigenvalue weighted by Crippen LogP contribution is -1.91. The van der Waals surface area contributed by atoms with Gasteiger partial charge in [-0.25, -0.2) is 4.98 Å². The molecule has 4 nitrogen and oxygen atoms in total.